The fourth-order valence-corrected chi connectivity index (χ4v) is 3.14. The van der Waals surface area contributed by atoms with Crippen LogP contribution in [-0.2, 0) is 19.9 Å². The number of benzene rings is 2. The van der Waals surface area contributed by atoms with E-state index >= 15 is 0 Å². The number of para-hydroxylation sites is 1. The van der Waals surface area contributed by atoms with Crippen molar-refractivity contribution in [3.8, 4) is 0 Å². The average molecular weight is 371 g/mol. The van der Waals surface area contributed by atoms with E-state index in [2.05, 4.69) is 0 Å². The van der Waals surface area contributed by atoms with Crippen molar-refractivity contribution in [3.63, 3.8) is 0 Å². The van der Waals surface area contributed by atoms with Crippen molar-refractivity contribution in [2.75, 3.05) is 18.1 Å². The number of carbonyl (C=O) groups is 3. The molecule has 1 amide bonds. The Morgan fingerprint density at radius 1 is 1.15 bits per heavy atom. The zero-order valence-electron chi connectivity index (χ0n) is 14.6. The highest BCUT2D eigenvalue weighted by molar-refractivity contribution is 6.12. The number of carbonyl (C=O) groups excluding carboxylic acids is 3. The second kappa shape index (κ2) is 7.28. The Morgan fingerprint density at radius 3 is 2.48 bits per heavy atom. The number of amides is 1. The number of aliphatic hydroxyl groups is 1. The zero-order valence-corrected chi connectivity index (χ0v) is 14.6. The Balaban J connectivity index is 1.92. The van der Waals surface area contributed by atoms with Gasteiger partial charge in [0.25, 0.3) is 5.91 Å². The smallest absolute Gasteiger partial charge is 0.326 e. The van der Waals surface area contributed by atoms with Gasteiger partial charge in [-0.1, -0.05) is 18.2 Å². The summed E-state index contributed by atoms with van der Waals surface area (Å²) in [7, 11) is 0. The molecule has 1 N–H and O–H groups in total. The molecule has 0 bridgehead atoms. The lowest BCUT2D eigenvalue weighted by Gasteiger charge is -2.22. The van der Waals surface area contributed by atoms with Gasteiger partial charge in [-0.2, -0.15) is 0 Å². The monoisotopic (exact) mass is 371 g/mol. The summed E-state index contributed by atoms with van der Waals surface area (Å²) in [5, 5.41) is 11.1. The summed E-state index contributed by atoms with van der Waals surface area (Å²) in [5.41, 5.74) is -1.33. The predicted octanol–water partition coefficient (Wildman–Crippen LogP) is 2.20. The van der Waals surface area contributed by atoms with Crippen molar-refractivity contribution in [1.29, 1.82) is 0 Å². The summed E-state index contributed by atoms with van der Waals surface area (Å²) in [4.78, 5) is 38.4. The molecule has 1 atom stereocenters. The lowest BCUT2D eigenvalue weighted by molar-refractivity contribution is -0.144. The molecule has 6 nitrogen and oxygen atoms in total. The van der Waals surface area contributed by atoms with Crippen molar-refractivity contribution in [2.24, 2.45) is 0 Å². The van der Waals surface area contributed by atoms with Gasteiger partial charge in [0.05, 0.1) is 18.7 Å². The number of fused-ring (bicyclic) bond motifs is 1. The minimum atomic E-state index is -2.10. The molecule has 0 aromatic heterocycles. The van der Waals surface area contributed by atoms with Crippen molar-refractivity contribution in [3.05, 3.63) is 65.5 Å². The van der Waals surface area contributed by atoms with Crippen molar-refractivity contribution in [2.45, 2.75) is 18.9 Å². The number of Topliss-reactive ketones (excluding diaryl/α,β-unsaturated/α-hetero) is 1. The maximum Gasteiger partial charge on any atom is 0.326 e. The average Bonchev–Trinajstić information content (AvgIpc) is 2.85. The lowest BCUT2D eigenvalue weighted by Crippen LogP contribution is -2.44. The van der Waals surface area contributed by atoms with E-state index in [0.717, 1.165) is 17.0 Å². The van der Waals surface area contributed by atoms with Gasteiger partial charge in [0.1, 0.15) is 12.4 Å². The van der Waals surface area contributed by atoms with Gasteiger partial charge in [-0.3, -0.25) is 19.3 Å². The quantitative estimate of drug-likeness (QED) is 0.622. The maximum atomic E-state index is 13.1. The highest BCUT2D eigenvalue weighted by Gasteiger charge is 2.51. The van der Waals surface area contributed by atoms with Crippen LogP contribution in [0.25, 0.3) is 0 Å². The van der Waals surface area contributed by atoms with Crippen LogP contribution in [0, 0.1) is 5.82 Å². The number of esters is 1. The van der Waals surface area contributed by atoms with Crippen LogP contribution in [0.3, 0.4) is 0 Å². The largest absolute Gasteiger partial charge is 0.465 e. The van der Waals surface area contributed by atoms with E-state index in [0.29, 0.717) is 5.69 Å². The van der Waals surface area contributed by atoms with Crippen LogP contribution in [0.2, 0.25) is 0 Å². The van der Waals surface area contributed by atoms with E-state index in [9.17, 15) is 23.9 Å². The first-order valence-electron chi connectivity index (χ1n) is 8.45. The summed E-state index contributed by atoms with van der Waals surface area (Å²) in [6, 6.07) is 11.3. The Hall–Kier alpha value is -3.06. The lowest BCUT2D eigenvalue weighted by atomic mass is 9.88. The van der Waals surface area contributed by atoms with Crippen LogP contribution in [-0.4, -0.2) is 35.9 Å². The van der Waals surface area contributed by atoms with Crippen LogP contribution < -0.4 is 4.90 Å². The highest BCUT2D eigenvalue weighted by Crippen LogP contribution is 2.42. The van der Waals surface area contributed by atoms with Gasteiger partial charge in [0.2, 0.25) is 0 Å². The van der Waals surface area contributed by atoms with E-state index in [-0.39, 0.29) is 24.3 Å². The third kappa shape index (κ3) is 3.46. The first-order chi connectivity index (χ1) is 12.9. The minimum Gasteiger partial charge on any atom is -0.465 e. The van der Waals surface area contributed by atoms with E-state index in [1.54, 1.807) is 25.1 Å². The predicted molar refractivity (Wildman–Crippen MR) is 94.7 cm³/mol. The van der Waals surface area contributed by atoms with Crippen LogP contribution in [0.1, 0.15) is 29.3 Å². The number of ketones is 1. The molecule has 0 saturated heterocycles. The highest BCUT2D eigenvalue weighted by atomic mass is 19.1. The van der Waals surface area contributed by atoms with E-state index in [1.165, 1.54) is 18.2 Å². The Bertz CT molecular complexity index is 896. The molecule has 1 aliphatic rings. The number of anilines is 1. The van der Waals surface area contributed by atoms with E-state index in [1.807, 2.05) is 0 Å². The summed E-state index contributed by atoms with van der Waals surface area (Å²) in [6.07, 6.45) is -0.520. The molecule has 7 heteroatoms. The molecule has 0 fully saturated rings. The standard InChI is InChI=1S/C20H18FNO5/c1-2-27-18(24)12-22-16-6-4-3-5-15(16)20(26,19(22)25)11-17(23)13-7-9-14(21)10-8-13/h3-10,26H,2,11-12H2,1H3/t20-/m0/s1. The fraction of sp³-hybridized carbons (Fsp3) is 0.250. The van der Waals surface area contributed by atoms with E-state index in [4.69, 9.17) is 4.74 Å². The molecule has 0 spiro atoms. The number of hydrogen-bond donors (Lipinski definition) is 1. The third-order valence-corrected chi connectivity index (χ3v) is 4.41. The molecule has 3 rings (SSSR count). The van der Waals surface area contributed by atoms with Gasteiger partial charge in [-0.15, -0.1) is 0 Å². The first kappa shape index (κ1) is 18.7. The molecule has 2 aromatic carbocycles. The normalized spacial score (nSPS) is 18.3. The van der Waals surface area contributed by atoms with Gasteiger partial charge in [0.15, 0.2) is 11.4 Å². The van der Waals surface area contributed by atoms with Gasteiger partial charge in [-0.05, 0) is 37.3 Å². The van der Waals surface area contributed by atoms with Gasteiger partial charge >= 0.3 is 5.97 Å². The second-order valence-corrected chi connectivity index (χ2v) is 6.18. The molecule has 0 aliphatic carbocycles. The van der Waals surface area contributed by atoms with Crippen LogP contribution in [0.5, 0.6) is 0 Å². The van der Waals surface area contributed by atoms with Gasteiger partial charge in [0, 0.05) is 11.1 Å². The molecule has 0 saturated carbocycles. The number of halogens is 1. The minimum absolute atomic E-state index is 0.163. The second-order valence-electron chi connectivity index (χ2n) is 6.18. The zero-order chi connectivity index (χ0) is 19.6. The summed E-state index contributed by atoms with van der Waals surface area (Å²) in [6.45, 7) is 1.45. The Labute approximate surface area is 155 Å². The molecular weight excluding hydrogens is 353 g/mol. The molecule has 27 heavy (non-hydrogen) atoms. The number of ether oxygens (including phenoxy) is 1. The molecule has 140 valence electrons. The van der Waals surface area contributed by atoms with Crippen molar-refractivity contribution in [1.82, 2.24) is 0 Å². The van der Waals surface area contributed by atoms with E-state index < -0.39 is 35.5 Å². The maximum absolute atomic E-state index is 13.1. The van der Waals surface area contributed by atoms with Crippen molar-refractivity contribution < 1.29 is 28.6 Å². The molecule has 0 radical (unpaired) electrons. The molecular formula is C20H18FNO5. The number of rotatable bonds is 6. The third-order valence-electron chi connectivity index (χ3n) is 4.41. The number of hydrogen-bond acceptors (Lipinski definition) is 5. The van der Waals surface area contributed by atoms with Gasteiger partial charge < -0.3 is 9.84 Å². The van der Waals surface area contributed by atoms with Crippen LogP contribution in [0.4, 0.5) is 10.1 Å². The summed E-state index contributed by atoms with van der Waals surface area (Å²) >= 11 is 0. The summed E-state index contributed by atoms with van der Waals surface area (Å²) < 4.78 is 17.9. The van der Waals surface area contributed by atoms with Crippen LogP contribution in [0.15, 0.2) is 48.5 Å². The molecule has 0 unspecified atom stereocenters. The van der Waals surface area contributed by atoms with Crippen molar-refractivity contribution >= 4 is 23.3 Å². The van der Waals surface area contributed by atoms with Gasteiger partial charge in [-0.25, -0.2) is 4.39 Å². The Morgan fingerprint density at radius 2 is 1.81 bits per heavy atom. The molecule has 2 aromatic rings. The number of nitrogens with zero attached hydrogens (tertiary/aromatic N) is 1. The summed E-state index contributed by atoms with van der Waals surface area (Å²) in [5.74, 6) is -2.39. The molecule has 1 aliphatic heterocycles. The fourth-order valence-electron chi connectivity index (χ4n) is 3.14. The SMILES string of the molecule is CCOC(=O)CN1C(=O)[C@](O)(CC(=O)c2ccc(F)cc2)c2ccccc21. The van der Waals surface area contributed by atoms with Crippen LogP contribution >= 0.6 is 0 Å². The first-order valence-corrected chi connectivity index (χ1v) is 8.45. The Kier molecular flexibility index (Phi) is 5.05. The molecule has 1 heterocycles. The topological polar surface area (TPSA) is 83.9 Å².